The molecular weight excluding hydrogens is 283 g/mol. The molecule has 0 spiro atoms. The Hall–Kier alpha value is -2.17. The number of hydrogen-bond donors (Lipinski definition) is 1. The highest BCUT2D eigenvalue weighted by atomic mass is 19.1. The van der Waals surface area contributed by atoms with Gasteiger partial charge in [-0.15, -0.1) is 0 Å². The first-order chi connectivity index (χ1) is 10.5. The molecule has 0 saturated heterocycles. The summed E-state index contributed by atoms with van der Waals surface area (Å²) >= 11 is 0. The van der Waals surface area contributed by atoms with Gasteiger partial charge in [-0.1, -0.05) is 17.3 Å². The van der Waals surface area contributed by atoms with Crippen LogP contribution in [0.3, 0.4) is 0 Å². The second kappa shape index (κ2) is 7.20. The fourth-order valence-corrected chi connectivity index (χ4v) is 2.35. The van der Waals surface area contributed by atoms with Gasteiger partial charge in [0.25, 0.3) is 0 Å². The van der Waals surface area contributed by atoms with Crippen molar-refractivity contribution in [3.8, 4) is 0 Å². The minimum atomic E-state index is -0.232. The van der Waals surface area contributed by atoms with Crippen LogP contribution in [0, 0.1) is 19.7 Å². The third-order valence-corrected chi connectivity index (χ3v) is 3.71. The number of carbonyl (C=O) groups is 1. The number of hydrogen-bond acceptors (Lipinski definition) is 3. The molecule has 22 heavy (non-hydrogen) atoms. The summed E-state index contributed by atoms with van der Waals surface area (Å²) < 4.78 is 17.9. The van der Waals surface area contributed by atoms with E-state index in [4.69, 9.17) is 4.52 Å². The summed E-state index contributed by atoms with van der Waals surface area (Å²) in [6.45, 7) is 5.60. The molecule has 5 heteroatoms. The molecule has 0 radical (unpaired) electrons. The predicted octanol–water partition coefficient (Wildman–Crippen LogP) is 3.11. The Labute approximate surface area is 129 Å². The summed E-state index contributed by atoms with van der Waals surface area (Å²) in [5.74, 6) is 0.414. The van der Waals surface area contributed by atoms with Crippen molar-refractivity contribution in [3.63, 3.8) is 0 Å². The van der Waals surface area contributed by atoms with Crippen LogP contribution in [0.15, 0.2) is 28.8 Å². The zero-order chi connectivity index (χ0) is 16.1. The van der Waals surface area contributed by atoms with Crippen molar-refractivity contribution in [2.24, 2.45) is 0 Å². The second-order valence-electron chi connectivity index (χ2n) is 5.61. The van der Waals surface area contributed by atoms with Crippen molar-refractivity contribution < 1.29 is 13.7 Å². The molecular formula is C17H21FN2O2. The van der Waals surface area contributed by atoms with Crippen molar-refractivity contribution in [2.45, 2.75) is 46.1 Å². The predicted molar refractivity (Wildman–Crippen MR) is 82.0 cm³/mol. The van der Waals surface area contributed by atoms with Crippen molar-refractivity contribution >= 4 is 5.91 Å². The lowest BCUT2D eigenvalue weighted by molar-refractivity contribution is -0.121. The van der Waals surface area contributed by atoms with E-state index in [2.05, 4.69) is 10.5 Å². The van der Waals surface area contributed by atoms with Gasteiger partial charge in [-0.05, 0) is 51.3 Å². The van der Waals surface area contributed by atoms with Crippen molar-refractivity contribution in [1.82, 2.24) is 10.5 Å². The standard InChI is InChI=1S/C17H21FN2O2/c1-11(4-5-14-6-8-15(18)9-7-14)19-17(21)10-16-12(2)20-22-13(16)3/h6-9,11H,4-5,10H2,1-3H3,(H,19,21)/t11-/m0/s1. The maximum Gasteiger partial charge on any atom is 0.224 e. The van der Waals surface area contributed by atoms with Crippen LogP contribution in [-0.2, 0) is 17.6 Å². The van der Waals surface area contributed by atoms with E-state index in [0.29, 0.717) is 5.76 Å². The largest absolute Gasteiger partial charge is 0.361 e. The highest BCUT2D eigenvalue weighted by Crippen LogP contribution is 2.13. The SMILES string of the molecule is Cc1noc(C)c1CC(=O)N[C@@H](C)CCc1ccc(F)cc1. The lowest BCUT2D eigenvalue weighted by Gasteiger charge is -2.14. The number of benzene rings is 1. The van der Waals surface area contributed by atoms with Crippen molar-refractivity contribution in [3.05, 3.63) is 52.7 Å². The van der Waals surface area contributed by atoms with E-state index in [1.807, 2.05) is 13.8 Å². The number of nitrogens with zero attached hydrogens (tertiary/aromatic N) is 1. The van der Waals surface area contributed by atoms with Gasteiger partial charge in [-0.25, -0.2) is 4.39 Å². The zero-order valence-corrected chi connectivity index (χ0v) is 13.1. The van der Waals surface area contributed by atoms with Gasteiger partial charge in [0.2, 0.25) is 5.91 Å². The van der Waals surface area contributed by atoms with Crippen molar-refractivity contribution in [1.29, 1.82) is 0 Å². The van der Waals surface area contributed by atoms with Crippen LogP contribution in [0.25, 0.3) is 0 Å². The molecule has 0 fully saturated rings. The van der Waals surface area contributed by atoms with Crippen LogP contribution in [-0.4, -0.2) is 17.1 Å². The van der Waals surface area contributed by atoms with E-state index in [0.717, 1.165) is 29.7 Å². The van der Waals surface area contributed by atoms with E-state index in [9.17, 15) is 9.18 Å². The Balaban J connectivity index is 1.80. The third kappa shape index (κ3) is 4.41. The monoisotopic (exact) mass is 304 g/mol. The lowest BCUT2D eigenvalue weighted by atomic mass is 10.1. The van der Waals surface area contributed by atoms with Crippen LogP contribution >= 0.6 is 0 Å². The molecule has 1 atom stereocenters. The van der Waals surface area contributed by atoms with E-state index in [-0.39, 0.29) is 24.2 Å². The number of aryl methyl sites for hydroxylation is 3. The van der Waals surface area contributed by atoms with E-state index < -0.39 is 0 Å². The van der Waals surface area contributed by atoms with Gasteiger partial charge >= 0.3 is 0 Å². The van der Waals surface area contributed by atoms with E-state index in [1.54, 1.807) is 19.1 Å². The third-order valence-electron chi connectivity index (χ3n) is 3.71. The van der Waals surface area contributed by atoms with Crippen LogP contribution in [0.2, 0.25) is 0 Å². The second-order valence-corrected chi connectivity index (χ2v) is 5.61. The molecule has 0 bridgehead atoms. The fraction of sp³-hybridized carbons (Fsp3) is 0.412. The Bertz CT molecular complexity index is 615. The van der Waals surface area contributed by atoms with Crippen LogP contribution in [0.1, 0.15) is 35.9 Å². The van der Waals surface area contributed by atoms with Gasteiger partial charge < -0.3 is 9.84 Å². The number of rotatable bonds is 6. The molecule has 2 rings (SSSR count). The Morgan fingerprint density at radius 3 is 2.59 bits per heavy atom. The molecule has 0 saturated carbocycles. The molecule has 0 aliphatic carbocycles. The molecule has 0 unspecified atom stereocenters. The quantitative estimate of drug-likeness (QED) is 0.892. The maximum absolute atomic E-state index is 12.8. The van der Waals surface area contributed by atoms with Gasteiger partial charge in [-0.2, -0.15) is 0 Å². The lowest BCUT2D eigenvalue weighted by Crippen LogP contribution is -2.34. The first-order valence-corrected chi connectivity index (χ1v) is 7.41. The first-order valence-electron chi connectivity index (χ1n) is 7.41. The van der Waals surface area contributed by atoms with Crippen molar-refractivity contribution in [2.75, 3.05) is 0 Å². The zero-order valence-electron chi connectivity index (χ0n) is 13.1. The molecule has 118 valence electrons. The van der Waals surface area contributed by atoms with Gasteiger partial charge in [-0.3, -0.25) is 4.79 Å². The number of amides is 1. The Morgan fingerprint density at radius 1 is 1.32 bits per heavy atom. The van der Waals surface area contributed by atoms with Crippen LogP contribution < -0.4 is 5.32 Å². The molecule has 1 N–H and O–H groups in total. The Kier molecular flexibility index (Phi) is 5.31. The van der Waals surface area contributed by atoms with Gasteiger partial charge in [0.05, 0.1) is 12.1 Å². The minimum Gasteiger partial charge on any atom is -0.361 e. The van der Waals surface area contributed by atoms with Gasteiger partial charge in [0.15, 0.2) is 0 Å². The topological polar surface area (TPSA) is 55.1 Å². The van der Waals surface area contributed by atoms with Crippen LogP contribution in [0.4, 0.5) is 4.39 Å². The molecule has 1 aromatic heterocycles. The summed E-state index contributed by atoms with van der Waals surface area (Å²) in [4.78, 5) is 12.1. The summed E-state index contributed by atoms with van der Waals surface area (Å²) in [5.41, 5.74) is 2.67. The molecule has 0 aliphatic rings. The molecule has 1 aromatic carbocycles. The van der Waals surface area contributed by atoms with Crippen LogP contribution in [0.5, 0.6) is 0 Å². The Morgan fingerprint density at radius 2 is 2.00 bits per heavy atom. The molecule has 0 aliphatic heterocycles. The summed E-state index contributed by atoms with van der Waals surface area (Å²) in [6, 6.07) is 6.51. The summed E-state index contributed by atoms with van der Waals surface area (Å²) in [5, 5.41) is 6.82. The van der Waals surface area contributed by atoms with Gasteiger partial charge in [0, 0.05) is 11.6 Å². The van der Waals surface area contributed by atoms with E-state index >= 15 is 0 Å². The normalized spacial score (nSPS) is 12.2. The fourth-order valence-electron chi connectivity index (χ4n) is 2.35. The maximum atomic E-state index is 12.8. The highest BCUT2D eigenvalue weighted by Gasteiger charge is 2.14. The number of nitrogens with one attached hydrogen (secondary N) is 1. The molecule has 2 aromatic rings. The molecule has 1 amide bonds. The smallest absolute Gasteiger partial charge is 0.224 e. The number of aromatic nitrogens is 1. The summed E-state index contributed by atoms with van der Waals surface area (Å²) in [7, 11) is 0. The molecule has 4 nitrogen and oxygen atoms in total. The summed E-state index contributed by atoms with van der Waals surface area (Å²) in [6.07, 6.45) is 1.88. The number of halogens is 1. The van der Waals surface area contributed by atoms with E-state index in [1.165, 1.54) is 12.1 Å². The molecule has 1 heterocycles. The minimum absolute atomic E-state index is 0.0407. The first kappa shape index (κ1) is 16.2. The highest BCUT2D eigenvalue weighted by molar-refractivity contribution is 5.79. The average Bonchev–Trinajstić information content (AvgIpc) is 2.78. The van der Waals surface area contributed by atoms with Gasteiger partial charge in [0.1, 0.15) is 11.6 Å². The average molecular weight is 304 g/mol. The number of carbonyl (C=O) groups excluding carboxylic acids is 1.